The fourth-order valence-electron chi connectivity index (χ4n) is 10.2. The topological polar surface area (TPSA) is 38.8 Å². The fourth-order valence-corrected chi connectivity index (χ4v) is 10.2. The standard InChI is InChI=1S/C31H50O3/c1-8-22(19(2)3)10-9-20(4)25-11-12-26-24-17-28-31(34-28)18-23(33-21(5)32)13-16-30(31,7)27(24)14-15-29(25,26)6/h9-10,19-20,22-28H,8,11-18H2,1-7H3/b10-9+/t20-,22+,23+,24+,25-,26+,27+,28-,29-,30-,31-/m1/s1. The molecule has 4 aliphatic carbocycles. The molecule has 0 N–H and O–H groups in total. The van der Waals surface area contributed by atoms with Crippen molar-refractivity contribution in [2.24, 2.45) is 52.3 Å². The van der Waals surface area contributed by atoms with Crippen LogP contribution in [0.1, 0.15) is 106 Å². The van der Waals surface area contributed by atoms with E-state index in [-0.39, 0.29) is 23.1 Å². The average molecular weight is 471 g/mol. The fraction of sp³-hybridized carbons (Fsp3) is 0.903. The van der Waals surface area contributed by atoms with E-state index in [1.807, 2.05) is 0 Å². The molecule has 0 aromatic carbocycles. The molecule has 0 amide bonds. The van der Waals surface area contributed by atoms with Crippen LogP contribution in [0.5, 0.6) is 0 Å². The number of ether oxygens (including phenoxy) is 2. The van der Waals surface area contributed by atoms with Crippen molar-refractivity contribution in [3.05, 3.63) is 12.2 Å². The zero-order chi connectivity index (χ0) is 24.5. The first-order valence-corrected chi connectivity index (χ1v) is 14.6. The second kappa shape index (κ2) is 8.63. The Labute approximate surface area is 208 Å². The van der Waals surface area contributed by atoms with Crippen LogP contribution in [0, 0.1) is 52.3 Å². The Morgan fingerprint density at radius 3 is 2.50 bits per heavy atom. The number of carbonyl (C=O) groups excluding carboxylic acids is 1. The molecule has 0 radical (unpaired) electrons. The van der Waals surface area contributed by atoms with Crippen LogP contribution in [-0.4, -0.2) is 23.8 Å². The molecule has 192 valence electrons. The second-order valence-electron chi connectivity index (χ2n) is 13.8. The molecule has 3 heteroatoms. The third kappa shape index (κ3) is 3.65. The van der Waals surface area contributed by atoms with Gasteiger partial charge in [-0.15, -0.1) is 0 Å². The zero-order valence-electron chi connectivity index (χ0n) is 22.9. The van der Waals surface area contributed by atoms with Crippen molar-refractivity contribution in [3.8, 4) is 0 Å². The predicted octanol–water partition coefficient (Wildman–Crippen LogP) is 7.58. The lowest BCUT2D eigenvalue weighted by molar-refractivity contribution is -0.157. The highest BCUT2D eigenvalue weighted by molar-refractivity contribution is 5.66. The molecule has 1 aliphatic heterocycles. The maximum Gasteiger partial charge on any atom is 0.302 e. The molecule has 1 heterocycles. The van der Waals surface area contributed by atoms with Gasteiger partial charge in [-0.2, -0.15) is 0 Å². The summed E-state index contributed by atoms with van der Waals surface area (Å²) in [4.78, 5) is 11.6. The molecule has 5 aliphatic rings. The maximum atomic E-state index is 11.6. The average Bonchev–Trinajstić information content (AvgIpc) is 3.34. The third-order valence-corrected chi connectivity index (χ3v) is 12.1. The smallest absolute Gasteiger partial charge is 0.302 e. The van der Waals surface area contributed by atoms with Crippen LogP contribution in [-0.2, 0) is 14.3 Å². The van der Waals surface area contributed by atoms with Crippen LogP contribution in [0.2, 0.25) is 0 Å². The highest BCUT2D eigenvalue weighted by Gasteiger charge is 2.76. The van der Waals surface area contributed by atoms with E-state index in [0.717, 1.165) is 48.9 Å². The molecule has 1 saturated heterocycles. The molecule has 0 aromatic heterocycles. The van der Waals surface area contributed by atoms with E-state index in [4.69, 9.17) is 9.47 Å². The van der Waals surface area contributed by atoms with Gasteiger partial charge >= 0.3 is 5.97 Å². The van der Waals surface area contributed by atoms with Gasteiger partial charge in [0.1, 0.15) is 11.7 Å². The van der Waals surface area contributed by atoms with Crippen molar-refractivity contribution in [2.75, 3.05) is 0 Å². The van der Waals surface area contributed by atoms with Crippen LogP contribution >= 0.6 is 0 Å². The molecule has 5 rings (SSSR count). The predicted molar refractivity (Wildman–Crippen MR) is 137 cm³/mol. The van der Waals surface area contributed by atoms with Gasteiger partial charge < -0.3 is 9.47 Å². The third-order valence-electron chi connectivity index (χ3n) is 12.1. The van der Waals surface area contributed by atoms with Gasteiger partial charge in [-0.25, -0.2) is 0 Å². The number of esters is 1. The Balaban J connectivity index is 1.32. The van der Waals surface area contributed by atoms with Gasteiger partial charge in [0, 0.05) is 18.8 Å². The van der Waals surface area contributed by atoms with Crippen LogP contribution in [0.3, 0.4) is 0 Å². The minimum atomic E-state index is -0.136. The van der Waals surface area contributed by atoms with Crippen molar-refractivity contribution < 1.29 is 14.3 Å². The van der Waals surface area contributed by atoms with E-state index in [9.17, 15) is 4.79 Å². The van der Waals surface area contributed by atoms with Crippen LogP contribution in [0.4, 0.5) is 0 Å². The summed E-state index contributed by atoms with van der Waals surface area (Å²) in [5.41, 5.74) is 0.721. The molecule has 34 heavy (non-hydrogen) atoms. The number of epoxide rings is 1. The Morgan fingerprint density at radius 1 is 1.06 bits per heavy atom. The van der Waals surface area contributed by atoms with Crippen LogP contribution in [0.15, 0.2) is 12.2 Å². The summed E-state index contributed by atoms with van der Waals surface area (Å²) >= 11 is 0. The lowest BCUT2D eigenvalue weighted by atomic mass is 9.44. The number of fused-ring (bicyclic) bond motifs is 4. The first-order valence-electron chi connectivity index (χ1n) is 14.6. The summed E-state index contributed by atoms with van der Waals surface area (Å²) in [7, 11) is 0. The monoisotopic (exact) mass is 470 g/mol. The van der Waals surface area contributed by atoms with E-state index in [1.54, 1.807) is 6.92 Å². The highest BCUT2D eigenvalue weighted by atomic mass is 16.6. The summed E-state index contributed by atoms with van der Waals surface area (Å²) in [6.07, 6.45) is 16.7. The van der Waals surface area contributed by atoms with Crippen molar-refractivity contribution in [2.45, 2.75) is 124 Å². The minimum Gasteiger partial charge on any atom is -0.462 e. The van der Waals surface area contributed by atoms with E-state index < -0.39 is 0 Å². The summed E-state index contributed by atoms with van der Waals surface area (Å²) in [6, 6.07) is 0. The Hall–Kier alpha value is -0.830. The quantitative estimate of drug-likeness (QED) is 0.228. The summed E-state index contributed by atoms with van der Waals surface area (Å²) in [6.45, 7) is 16.3. The molecule has 1 spiro atoms. The van der Waals surface area contributed by atoms with Gasteiger partial charge in [-0.1, -0.05) is 53.7 Å². The molecule has 11 atom stereocenters. The van der Waals surface area contributed by atoms with Crippen LogP contribution in [0.25, 0.3) is 0 Å². The summed E-state index contributed by atoms with van der Waals surface area (Å²) in [5, 5.41) is 0. The highest BCUT2D eigenvalue weighted by Crippen LogP contribution is 2.74. The van der Waals surface area contributed by atoms with Crippen molar-refractivity contribution in [3.63, 3.8) is 0 Å². The normalized spacial score (nSPS) is 49.1. The van der Waals surface area contributed by atoms with Gasteiger partial charge in [0.15, 0.2) is 0 Å². The van der Waals surface area contributed by atoms with Crippen molar-refractivity contribution >= 4 is 5.97 Å². The lowest BCUT2D eigenvalue weighted by Crippen LogP contribution is -2.59. The Kier molecular flexibility index (Phi) is 6.31. The lowest BCUT2D eigenvalue weighted by Gasteiger charge is -2.59. The van der Waals surface area contributed by atoms with Gasteiger partial charge in [0.25, 0.3) is 0 Å². The molecule has 3 nitrogen and oxygen atoms in total. The minimum absolute atomic E-state index is 0.0136. The van der Waals surface area contributed by atoms with Gasteiger partial charge in [0.05, 0.1) is 6.10 Å². The summed E-state index contributed by atoms with van der Waals surface area (Å²) < 4.78 is 12.3. The first-order chi connectivity index (χ1) is 16.1. The molecule has 0 unspecified atom stereocenters. The molecule has 0 bridgehead atoms. The van der Waals surface area contributed by atoms with Crippen molar-refractivity contribution in [1.82, 2.24) is 0 Å². The zero-order valence-corrected chi connectivity index (χ0v) is 22.9. The Morgan fingerprint density at radius 2 is 1.82 bits per heavy atom. The molecule has 0 aromatic rings. The van der Waals surface area contributed by atoms with E-state index in [2.05, 4.69) is 53.7 Å². The maximum absolute atomic E-state index is 11.6. The molecular weight excluding hydrogens is 420 g/mol. The van der Waals surface area contributed by atoms with E-state index in [1.165, 1.54) is 38.5 Å². The van der Waals surface area contributed by atoms with Gasteiger partial charge in [0.2, 0.25) is 0 Å². The Bertz CT molecular complexity index is 817. The molecular formula is C31H50O3. The molecule has 4 saturated carbocycles. The SMILES string of the molecule is CC[C@@H](/C=C/[C@@H](C)[C@H]1CC[C@H]2[C@@H]3C[C@H]4O[C@]45C[C@@H](OC(C)=O)CC[C@]5(C)[C@H]3CC[C@]12C)C(C)C. The molecule has 5 fully saturated rings. The number of carbonyl (C=O) groups is 1. The number of hydrogen-bond acceptors (Lipinski definition) is 3. The number of hydrogen-bond donors (Lipinski definition) is 0. The van der Waals surface area contributed by atoms with Gasteiger partial charge in [-0.3, -0.25) is 4.79 Å². The van der Waals surface area contributed by atoms with Crippen LogP contribution < -0.4 is 0 Å². The largest absolute Gasteiger partial charge is 0.462 e. The van der Waals surface area contributed by atoms with Gasteiger partial charge in [-0.05, 0) is 98.2 Å². The second-order valence-corrected chi connectivity index (χ2v) is 13.8. The number of allylic oxidation sites excluding steroid dienone is 2. The van der Waals surface area contributed by atoms with E-state index in [0.29, 0.717) is 23.4 Å². The van der Waals surface area contributed by atoms with Crippen molar-refractivity contribution in [1.29, 1.82) is 0 Å². The van der Waals surface area contributed by atoms with E-state index >= 15 is 0 Å². The first kappa shape index (κ1) is 24.8. The summed E-state index contributed by atoms with van der Waals surface area (Å²) in [5.74, 6) is 5.24. The number of rotatable bonds is 6.